The van der Waals surface area contributed by atoms with Gasteiger partial charge in [-0.25, -0.2) is 0 Å². The van der Waals surface area contributed by atoms with Gasteiger partial charge in [0.25, 0.3) is 0 Å². The lowest BCUT2D eigenvalue weighted by Crippen LogP contribution is -2.48. The van der Waals surface area contributed by atoms with Gasteiger partial charge < -0.3 is 23.5 Å². The number of carbonyl (C=O) groups is 2. The van der Waals surface area contributed by atoms with E-state index < -0.39 is 14.4 Å². The van der Waals surface area contributed by atoms with E-state index in [4.69, 9.17) is 13.9 Å². The number of Topliss-reactive ketones (excluding diaryl/α,β-unsaturated/α-hetero) is 1. The van der Waals surface area contributed by atoms with Crippen LogP contribution in [0.15, 0.2) is 24.3 Å². The summed E-state index contributed by atoms with van der Waals surface area (Å²) in [5.74, 6) is 1.04. The first-order chi connectivity index (χ1) is 13.4. The summed E-state index contributed by atoms with van der Waals surface area (Å²) < 4.78 is 17.7. The van der Waals surface area contributed by atoms with Crippen molar-refractivity contribution >= 4 is 20.4 Å². The van der Waals surface area contributed by atoms with Crippen LogP contribution in [-0.4, -0.2) is 39.7 Å². The second-order valence-electron chi connectivity index (χ2n) is 9.42. The van der Waals surface area contributed by atoms with Crippen molar-refractivity contribution in [2.75, 3.05) is 7.11 Å². The van der Waals surface area contributed by atoms with Gasteiger partial charge in [-0.2, -0.15) is 0 Å². The van der Waals surface area contributed by atoms with Crippen molar-refractivity contribution in [3.8, 4) is 5.75 Å². The Morgan fingerprint density at radius 1 is 1.17 bits per heavy atom. The largest absolute Gasteiger partial charge is 0.497 e. The van der Waals surface area contributed by atoms with Crippen molar-refractivity contribution in [3.05, 3.63) is 29.8 Å². The van der Waals surface area contributed by atoms with Gasteiger partial charge in [0.2, 0.25) is 0 Å². The number of hydrogen-bond acceptors (Lipinski definition) is 5. The molecule has 3 atom stereocenters. The van der Waals surface area contributed by atoms with Gasteiger partial charge in [-0.15, -0.1) is 0 Å². The fourth-order valence-corrected chi connectivity index (χ4v) is 4.26. The summed E-state index contributed by atoms with van der Waals surface area (Å²) in [7, 11) is -0.491. The van der Waals surface area contributed by atoms with E-state index in [9.17, 15) is 9.59 Å². The van der Waals surface area contributed by atoms with Crippen molar-refractivity contribution in [1.29, 1.82) is 0 Å². The molecule has 5 nitrogen and oxygen atoms in total. The molecular formula is C23H38O5Si. The molecule has 0 saturated heterocycles. The fraction of sp³-hybridized carbons (Fsp3) is 0.652. The molecule has 0 aliphatic rings. The molecule has 0 spiro atoms. The predicted octanol–water partition coefficient (Wildman–Crippen LogP) is 5.18. The van der Waals surface area contributed by atoms with Crippen LogP contribution in [0.25, 0.3) is 0 Å². The van der Waals surface area contributed by atoms with E-state index in [0.717, 1.165) is 17.6 Å². The van der Waals surface area contributed by atoms with Crippen LogP contribution >= 0.6 is 0 Å². The molecule has 1 aromatic rings. The lowest BCUT2D eigenvalue weighted by molar-refractivity contribution is -0.127. The molecule has 6 heteroatoms. The van der Waals surface area contributed by atoms with E-state index in [1.165, 1.54) is 0 Å². The van der Waals surface area contributed by atoms with Gasteiger partial charge in [0.05, 0.1) is 19.8 Å². The normalized spacial score (nSPS) is 15.4. The smallest absolute Gasteiger partial charge is 0.192 e. The Morgan fingerprint density at radius 2 is 1.76 bits per heavy atom. The van der Waals surface area contributed by atoms with E-state index in [-0.39, 0.29) is 22.8 Å². The highest BCUT2D eigenvalue weighted by Gasteiger charge is 2.41. The summed E-state index contributed by atoms with van der Waals surface area (Å²) in [6.45, 7) is 14.8. The van der Waals surface area contributed by atoms with Gasteiger partial charge in [-0.05, 0) is 55.1 Å². The maximum absolute atomic E-state index is 11.9. The molecule has 0 aliphatic heterocycles. The number of aldehydes is 1. The molecule has 0 amide bonds. The Morgan fingerprint density at radius 3 is 2.21 bits per heavy atom. The van der Waals surface area contributed by atoms with Gasteiger partial charge in [0, 0.05) is 6.42 Å². The predicted molar refractivity (Wildman–Crippen MR) is 119 cm³/mol. The van der Waals surface area contributed by atoms with E-state index in [1.807, 2.05) is 31.2 Å². The average Bonchev–Trinajstić information content (AvgIpc) is 2.60. The first kappa shape index (κ1) is 25.5. The minimum absolute atomic E-state index is 0.0124. The number of ether oxygens (including phenoxy) is 2. The first-order valence-electron chi connectivity index (χ1n) is 10.3. The molecule has 164 valence electrons. The van der Waals surface area contributed by atoms with Crippen LogP contribution < -0.4 is 4.74 Å². The topological polar surface area (TPSA) is 61.8 Å². The lowest BCUT2D eigenvalue weighted by atomic mass is 9.96. The quantitative estimate of drug-likeness (QED) is 0.343. The molecule has 0 saturated carbocycles. The highest BCUT2D eigenvalue weighted by molar-refractivity contribution is 6.74. The second kappa shape index (κ2) is 11.0. The summed E-state index contributed by atoms with van der Waals surface area (Å²) in [6.07, 6.45) is 0.864. The van der Waals surface area contributed by atoms with Crippen LogP contribution in [-0.2, 0) is 25.4 Å². The molecule has 0 heterocycles. The van der Waals surface area contributed by atoms with Crippen LogP contribution in [0.4, 0.5) is 0 Å². The van der Waals surface area contributed by atoms with E-state index in [2.05, 4.69) is 33.9 Å². The van der Waals surface area contributed by atoms with Gasteiger partial charge >= 0.3 is 0 Å². The van der Waals surface area contributed by atoms with Crippen molar-refractivity contribution in [2.45, 2.75) is 84.4 Å². The number of benzene rings is 1. The number of ketones is 1. The summed E-state index contributed by atoms with van der Waals surface area (Å²) in [5.41, 5.74) is 0.959. The van der Waals surface area contributed by atoms with Crippen molar-refractivity contribution < 1.29 is 23.5 Å². The number of methoxy groups -OCH3 is 1. The molecule has 0 N–H and O–H groups in total. The molecule has 0 bridgehead atoms. The summed E-state index contributed by atoms with van der Waals surface area (Å²) in [4.78, 5) is 23.5. The fourth-order valence-electron chi connectivity index (χ4n) is 2.92. The average molecular weight is 423 g/mol. The van der Waals surface area contributed by atoms with Gasteiger partial charge in [-0.1, -0.05) is 39.8 Å². The Hall–Kier alpha value is -1.50. The Labute approximate surface area is 177 Å². The molecule has 29 heavy (non-hydrogen) atoms. The minimum atomic E-state index is -2.11. The molecule has 1 rings (SSSR count). The number of rotatable bonds is 12. The third-order valence-electron chi connectivity index (χ3n) is 5.62. The summed E-state index contributed by atoms with van der Waals surface area (Å²) in [6, 6.07) is 7.58. The van der Waals surface area contributed by atoms with Gasteiger partial charge in [0.1, 0.15) is 17.6 Å². The van der Waals surface area contributed by atoms with E-state index in [0.29, 0.717) is 19.4 Å². The molecule has 0 radical (unpaired) electrons. The molecule has 0 unspecified atom stereocenters. The monoisotopic (exact) mass is 422 g/mol. The summed E-state index contributed by atoms with van der Waals surface area (Å²) in [5, 5.41) is 0.0124. The van der Waals surface area contributed by atoms with Crippen molar-refractivity contribution in [3.63, 3.8) is 0 Å². The van der Waals surface area contributed by atoms with Gasteiger partial charge in [-0.3, -0.25) is 0 Å². The first-order valence-corrected chi connectivity index (χ1v) is 13.2. The van der Waals surface area contributed by atoms with E-state index >= 15 is 0 Å². The highest BCUT2D eigenvalue weighted by atomic mass is 28.4. The van der Waals surface area contributed by atoms with Crippen molar-refractivity contribution in [2.24, 2.45) is 5.92 Å². The Bertz CT molecular complexity index is 648. The lowest BCUT2D eigenvalue weighted by Gasteiger charge is -2.41. The highest BCUT2D eigenvalue weighted by Crippen LogP contribution is 2.38. The van der Waals surface area contributed by atoms with Crippen LogP contribution in [0.2, 0.25) is 18.1 Å². The zero-order valence-corrected chi connectivity index (χ0v) is 20.3. The maximum Gasteiger partial charge on any atom is 0.192 e. The number of hydrogen-bond donors (Lipinski definition) is 0. The second-order valence-corrected chi connectivity index (χ2v) is 14.2. The van der Waals surface area contributed by atoms with Gasteiger partial charge in [0.15, 0.2) is 14.6 Å². The zero-order chi connectivity index (χ0) is 22.2. The third kappa shape index (κ3) is 8.40. The van der Waals surface area contributed by atoms with Crippen LogP contribution in [0, 0.1) is 5.92 Å². The summed E-state index contributed by atoms with van der Waals surface area (Å²) >= 11 is 0. The standard InChI is InChI=1S/C23H38O5Si/c1-17(13-18(2)25)14-21(28-29(7,8)23(3,4)5)22(15-24)27-16-19-9-11-20(26-6)12-10-19/h9-12,15,17,21-22H,13-14,16H2,1-8H3/t17-,21-,22+/m0/s1. The van der Waals surface area contributed by atoms with Crippen molar-refractivity contribution in [1.82, 2.24) is 0 Å². The minimum Gasteiger partial charge on any atom is -0.497 e. The molecule has 1 aromatic carbocycles. The number of carbonyl (C=O) groups excluding carboxylic acids is 2. The molecule has 0 aromatic heterocycles. The molecule has 0 fully saturated rings. The zero-order valence-electron chi connectivity index (χ0n) is 19.3. The Balaban J connectivity index is 2.95. The maximum atomic E-state index is 11.9. The van der Waals surface area contributed by atoms with E-state index in [1.54, 1.807) is 14.0 Å². The van der Waals surface area contributed by atoms with Crippen LogP contribution in [0.5, 0.6) is 5.75 Å². The third-order valence-corrected chi connectivity index (χ3v) is 10.1. The Kier molecular flexibility index (Phi) is 9.72. The van der Waals surface area contributed by atoms with Crippen LogP contribution in [0.1, 0.15) is 53.0 Å². The SMILES string of the molecule is COc1ccc(CO[C@H](C=O)[C@H](C[C@@H](C)CC(C)=O)O[Si](C)(C)C(C)(C)C)cc1. The molecule has 0 aliphatic carbocycles. The molecular weight excluding hydrogens is 384 g/mol. The van der Waals surface area contributed by atoms with Crippen LogP contribution in [0.3, 0.4) is 0 Å².